The number of guanidine groups is 1. The molecule has 0 atom stereocenters. The number of thiophene rings is 1. The minimum absolute atomic E-state index is 0.776. The Morgan fingerprint density at radius 3 is 2.91 bits per heavy atom. The predicted octanol–water partition coefficient (Wildman–Crippen LogP) is 3.20. The van der Waals surface area contributed by atoms with Crippen molar-refractivity contribution in [1.29, 1.82) is 0 Å². The average Bonchev–Trinajstić information content (AvgIpc) is 3.15. The quantitative estimate of drug-likeness (QED) is 0.623. The summed E-state index contributed by atoms with van der Waals surface area (Å²) in [4.78, 5) is 14.0. The predicted molar refractivity (Wildman–Crippen MR) is 97.2 cm³/mol. The van der Waals surface area contributed by atoms with Gasteiger partial charge in [-0.1, -0.05) is 6.07 Å². The molecule has 0 bridgehead atoms. The van der Waals surface area contributed by atoms with Crippen molar-refractivity contribution in [1.82, 2.24) is 15.2 Å². The lowest BCUT2D eigenvalue weighted by Crippen LogP contribution is -2.40. The van der Waals surface area contributed by atoms with Crippen molar-refractivity contribution in [3.05, 3.63) is 38.5 Å². The first kappa shape index (κ1) is 17.0. The molecule has 0 saturated heterocycles. The minimum atomic E-state index is 0.776. The number of aromatic nitrogens is 1. The Hall–Kier alpha value is -1.40. The van der Waals surface area contributed by atoms with Crippen LogP contribution in [0.1, 0.15) is 21.7 Å². The van der Waals surface area contributed by atoms with Gasteiger partial charge < -0.3 is 10.2 Å². The van der Waals surface area contributed by atoms with Crippen molar-refractivity contribution in [2.24, 2.45) is 4.99 Å². The number of hydrogen-bond donors (Lipinski definition) is 1. The first-order valence-electron chi connectivity index (χ1n) is 7.62. The molecule has 2 aromatic heterocycles. The topological polar surface area (TPSA) is 40.5 Å². The molecule has 0 aromatic carbocycles. The minimum Gasteiger partial charge on any atom is -0.357 e. The number of rotatable bonds is 7. The molecule has 0 fully saturated rings. The molecule has 0 aliphatic heterocycles. The summed E-state index contributed by atoms with van der Waals surface area (Å²) < 4.78 is 0. The first-order chi connectivity index (χ1) is 10.7. The Labute approximate surface area is 140 Å². The summed E-state index contributed by atoms with van der Waals surface area (Å²) >= 11 is 3.57. The Morgan fingerprint density at radius 2 is 2.27 bits per heavy atom. The van der Waals surface area contributed by atoms with Gasteiger partial charge in [-0.25, -0.2) is 4.98 Å². The summed E-state index contributed by atoms with van der Waals surface area (Å²) in [5.74, 6) is 0.979. The van der Waals surface area contributed by atoms with E-state index < -0.39 is 0 Å². The van der Waals surface area contributed by atoms with Crippen LogP contribution in [0.5, 0.6) is 0 Å². The summed E-state index contributed by atoms with van der Waals surface area (Å²) in [6, 6.07) is 4.29. The van der Waals surface area contributed by atoms with Gasteiger partial charge in [-0.05, 0) is 31.7 Å². The lowest BCUT2D eigenvalue weighted by atomic mass is 10.3. The number of aliphatic imine (C=N–C) groups is 1. The molecule has 2 rings (SSSR count). The van der Waals surface area contributed by atoms with Gasteiger partial charge in [-0.3, -0.25) is 4.99 Å². The van der Waals surface area contributed by atoms with Crippen LogP contribution in [0.2, 0.25) is 0 Å². The molecule has 0 spiro atoms. The molecular weight excluding hydrogens is 312 g/mol. The van der Waals surface area contributed by atoms with Crippen molar-refractivity contribution in [2.75, 3.05) is 26.7 Å². The average molecular weight is 337 g/mol. The molecule has 4 nitrogen and oxygen atoms in total. The van der Waals surface area contributed by atoms with E-state index in [0.717, 1.165) is 38.4 Å². The van der Waals surface area contributed by atoms with Crippen molar-refractivity contribution in [2.45, 2.75) is 26.7 Å². The number of hydrogen-bond acceptors (Lipinski definition) is 4. The molecule has 0 aliphatic carbocycles. The Bertz CT molecular complexity index is 575. The van der Waals surface area contributed by atoms with Crippen LogP contribution in [-0.2, 0) is 12.8 Å². The highest BCUT2D eigenvalue weighted by molar-refractivity contribution is 7.11. The Kier molecular flexibility index (Phi) is 6.86. The van der Waals surface area contributed by atoms with E-state index in [9.17, 15) is 0 Å². The molecule has 6 heteroatoms. The number of thiazole rings is 1. The molecule has 2 heterocycles. The van der Waals surface area contributed by atoms with E-state index in [1.165, 1.54) is 14.8 Å². The Balaban J connectivity index is 1.85. The second-order valence-corrected chi connectivity index (χ2v) is 7.45. The van der Waals surface area contributed by atoms with Crippen LogP contribution in [-0.4, -0.2) is 42.5 Å². The summed E-state index contributed by atoms with van der Waals surface area (Å²) in [6.45, 7) is 6.83. The van der Waals surface area contributed by atoms with E-state index in [1.807, 2.05) is 17.5 Å². The van der Waals surface area contributed by atoms with Gasteiger partial charge in [0.1, 0.15) is 0 Å². The van der Waals surface area contributed by atoms with Crippen LogP contribution in [0.15, 0.2) is 28.7 Å². The van der Waals surface area contributed by atoms with E-state index in [2.05, 4.69) is 53.6 Å². The van der Waals surface area contributed by atoms with Gasteiger partial charge in [-0.15, -0.1) is 22.7 Å². The largest absolute Gasteiger partial charge is 0.357 e. The standard InChI is InChI=1S/C16H24N4S2/c1-4-17-16(18-9-7-15-19-12-13(2)22-15)20(3)10-8-14-6-5-11-21-14/h5-6,11-12H,4,7-10H2,1-3H3,(H,17,18). The zero-order valence-electron chi connectivity index (χ0n) is 13.5. The number of likely N-dealkylation sites (N-methyl/N-ethyl adjacent to an activating group) is 1. The van der Waals surface area contributed by atoms with Crippen LogP contribution in [0, 0.1) is 6.92 Å². The van der Waals surface area contributed by atoms with Gasteiger partial charge in [0.05, 0.1) is 5.01 Å². The van der Waals surface area contributed by atoms with Gasteiger partial charge in [-0.2, -0.15) is 0 Å². The highest BCUT2D eigenvalue weighted by atomic mass is 32.1. The SMILES string of the molecule is CCNC(=NCCc1ncc(C)s1)N(C)CCc1cccs1. The molecular formula is C16H24N4S2. The third-order valence-corrected chi connectivity index (χ3v) is 5.14. The van der Waals surface area contributed by atoms with E-state index in [-0.39, 0.29) is 0 Å². The smallest absolute Gasteiger partial charge is 0.193 e. The van der Waals surface area contributed by atoms with Crippen LogP contribution < -0.4 is 5.32 Å². The first-order valence-corrected chi connectivity index (χ1v) is 9.31. The van der Waals surface area contributed by atoms with Crippen molar-refractivity contribution in [3.8, 4) is 0 Å². The van der Waals surface area contributed by atoms with Crippen LogP contribution in [0.3, 0.4) is 0 Å². The van der Waals surface area contributed by atoms with Crippen molar-refractivity contribution >= 4 is 28.6 Å². The van der Waals surface area contributed by atoms with Crippen molar-refractivity contribution in [3.63, 3.8) is 0 Å². The van der Waals surface area contributed by atoms with E-state index in [0.29, 0.717) is 0 Å². The van der Waals surface area contributed by atoms with Crippen LogP contribution in [0.4, 0.5) is 0 Å². The maximum Gasteiger partial charge on any atom is 0.193 e. The number of nitrogens with zero attached hydrogens (tertiary/aromatic N) is 3. The zero-order valence-corrected chi connectivity index (χ0v) is 15.1. The molecule has 0 aliphatic rings. The second-order valence-electron chi connectivity index (χ2n) is 5.10. The number of nitrogens with one attached hydrogen (secondary N) is 1. The maximum atomic E-state index is 4.72. The third kappa shape index (κ3) is 5.42. The molecule has 120 valence electrons. The fourth-order valence-electron chi connectivity index (χ4n) is 2.08. The number of aryl methyl sites for hydroxylation is 1. The van der Waals surface area contributed by atoms with Gasteiger partial charge in [0.15, 0.2) is 5.96 Å². The lowest BCUT2D eigenvalue weighted by Gasteiger charge is -2.21. The highest BCUT2D eigenvalue weighted by Gasteiger charge is 2.06. The van der Waals surface area contributed by atoms with Gasteiger partial charge in [0.2, 0.25) is 0 Å². The molecule has 0 radical (unpaired) electrons. The van der Waals surface area contributed by atoms with Crippen LogP contribution >= 0.6 is 22.7 Å². The molecule has 0 amide bonds. The van der Waals surface area contributed by atoms with E-state index >= 15 is 0 Å². The van der Waals surface area contributed by atoms with Crippen molar-refractivity contribution < 1.29 is 0 Å². The molecule has 22 heavy (non-hydrogen) atoms. The fourth-order valence-corrected chi connectivity index (χ4v) is 3.56. The van der Waals surface area contributed by atoms with Crippen LogP contribution in [0.25, 0.3) is 0 Å². The molecule has 1 N–H and O–H groups in total. The van der Waals surface area contributed by atoms with E-state index in [4.69, 9.17) is 4.99 Å². The Morgan fingerprint density at radius 1 is 1.41 bits per heavy atom. The lowest BCUT2D eigenvalue weighted by molar-refractivity contribution is 0.487. The highest BCUT2D eigenvalue weighted by Crippen LogP contribution is 2.12. The summed E-state index contributed by atoms with van der Waals surface area (Å²) in [5, 5.41) is 6.66. The van der Waals surface area contributed by atoms with Gasteiger partial charge in [0, 0.05) is 49.1 Å². The summed E-state index contributed by atoms with van der Waals surface area (Å²) in [7, 11) is 2.10. The fraction of sp³-hybridized carbons (Fsp3) is 0.500. The monoisotopic (exact) mass is 336 g/mol. The summed E-state index contributed by atoms with van der Waals surface area (Å²) in [5.41, 5.74) is 0. The normalized spacial score (nSPS) is 11.7. The molecule has 0 saturated carbocycles. The molecule has 2 aromatic rings. The van der Waals surface area contributed by atoms with Gasteiger partial charge >= 0.3 is 0 Å². The second kappa shape index (κ2) is 8.90. The third-order valence-electron chi connectivity index (χ3n) is 3.23. The maximum absolute atomic E-state index is 4.72. The zero-order chi connectivity index (χ0) is 15.8. The van der Waals surface area contributed by atoms with Gasteiger partial charge in [0.25, 0.3) is 0 Å². The summed E-state index contributed by atoms with van der Waals surface area (Å²) in [6.07, 6.45) is 3.90. The molecule has 0 unspecified atom stereocenters. The van der Waals surface area contributed by atoms with E-state index in [1.54, 1.807) is 11.3 Å².